The van der Waals surface area contributed by atoms with Gasteiger partial charge >= 0.3 is 0 Å². The Morgan fingerprint density at radius 1 is 1.33 bits per heavy atom. The first-order valence-corrected chi connectivity index (χ1v) is 6.28. The van der Waals surface area contributed by atoms with Crippen LogP contribution in [0.15, 0.2) is 0 Å². The first-order valence-electron chi connectivity index (χ1n) is 6.28. The molecule has 2 nitrogen and oxygen atoms in total. The molecule has 0 aromatic carbocycles. The molecule has 1 aliphatic carbocycles. The van der Waals surface area contributed by atoms with Gasteiger partial charge in [-0.1, -0.05) is 6.92 Å². The Labute approximate surface area is 92.4 Å². The summed E-state index contributed by atoms with van der Waals surface area (Å²) in [6.07, 6.45) is 8.16. The lowest BCUT2D eigenvalue weighted by Gasteiger charge is -2.30. The Morgan fingerprint density at radius 3 is 2.60 bits per heavy atom. The van der Waals surface area contributed by atoms with Gasteiger partial charge in [-0.25, -0.2) is 0 Å². The monoisotopic (exact) mass is 210 g/mol. The van der Waals surface area contributed by atoms with Gasteiger partial charge in [0.15, 0.2) is 0 Å². The Morgan fingerprint density at radius 2 is 2.07 bits per heavy atom. The second-order valence-corrected chi connectivity index (χ2v) is 5.59. The van der Waals surface area contributed by atoms with Crippen molar-refractivity contribution in [2.24, 2.45) is 17.3 Å². The molecule has 0 aromatic heterocycles. The van der Waals surface area contributed by atoms with Gasteiger partial charge in [-0.3, -0.25) is 0 Å². The second kappa shape index (κ2) is 4.65. The first kappa shape index (κ1) is 11.1. The number of aldehydes is 1. The molecule has 86 valence electrons. The molecule has 2 aliphatic rings. The topological polar surface area (TPSA) is 26.3 Å². The fourth-order valence-electron chi connectivity index (χ4n) is 3.30. The fraction of sp³-hybridized carbons (Fsp3) is 0.923. The molecule has 0 spiro atoms. The summed E-state index contributed by atoms with van der Waals surface area (Å²) in [5.41, 5.74) is 0.0292. The second-order valence-electron chi connectivity index (χ2n) is 5.59. The van der Waals surface area contributed by atoms with Crippen molar-refractivity contribution >= 4 is 6.29 Å². The highest BCUT2D eigenvalue weighted by Gasteiger charge is 2.39. The van der Waals surface area contributed by atoms with Gasteiger partial charge in [0.25, 0.3) is 0 Å². The lowest BCUT2D eigenvalue weighted by molar-refractivity contribution is -0.117. The number of rotatable bonds is 3. The molecule has 1 saturated carbocycles. The van der Waals surface area contributed by atoms with E-state index in [1.165, 1.54) is 12.7 Å². The summed E-state index contributed by atoms with van der Waals surface area (Å²) in [6, 6.07) is 0. The lowest BCUT2D eigenvalue weighted by Crippen LogP contribution is -2.26. The van der Waals surface area contributed by atoms with Crippen molar-refractivity contribution in [1.82, 2.24) is 0 Å². The van der Waals surface area contributed by atoms with Crippen molar-refractivity contribution in [2.75, 3.05) is 13.2 Å². The summed E-state index contributed by atoms with van der Waals surface area (Å²) in [4.78, 5) is 11.3. The number of carbonyl (C=O) groups is 1. The van der Waals surface area contributed by atoms with E-state index in [1.54, 1.807) is 0 Å². The van der Waals surface area contributed by atoms with Gasteiger partial charge in [0, 0.05) is 18.6 Å². The van der Waals surface area contributed by atoms with E-state index in [9.17, 15) is 4.79 Å². The number of hydrogen-bond acceptors (Lipinski definition) is 2. The maximum atomic E-state index is 11.3. The van der Waals surface area contributed by atoms with Crippen molar-refractivity contribution in [3.8, 4) is 0 Å². The van der Waals surface area contributed by atoms with Crippen LogP contribution < -0.4 is 0 Å². The van der Waals surface area contributed by atoms with Crippen molar-refractivity contribution < 1.29 is 9.53 Å². The molecule has 0 N–H and O–H groups in total. The third kappa shape index (κ3) is 2.60. The van der Waals surface area contributed by atoms with Gasteiger partial charge < -0.3 is 9.53 Å². The average molecular weight is 210 g/mol. The quantitative estimate of drug-likeness (QED) is 0.669. The Hall–Kier alpha value is -0.370. The Kier molecular flexibility index (Phi) is 3.45. The van der Waals surface area contributed by atoms with Crippen LogP contribution >= 0.6 is 0 Å². The molecule has 2 unspecified atom stereocenters. The molecule has 0 bridgehead atoms. The SMILES string of the molecule is CC1CCC(C=O)(CC2CCOCC2)C1. The van der Waals surface area contributed by atoms with Crippen LogP contribution in [-0.4, -0.2) is 19.5 Å². The summed E-state index contributed by atoms with van der Waals surface area (Å²) in [5, 5.41) is 0. The standard InChI is InChI=1S/C13H22O2/c1-11-2-5-13(8-11,10-14)9-12-3-6-15-7-4-12/h10-12H,2-9H2,1H3. The van der Waals surface area contributed by atoms with Crippen LogP contribution in [0, 0.1) is 17.3 Å². The van der Waals surface area contributed by atoms with Gasteiger partial charge in [0.05, 0.1) is 0 Å². The molecule has 2 heteroatoms. The predicted octanol–water partition coefficient (Wildman–Crippen LogP) is 2.81. The molecular weight excluding hydrogens is 188 g/mol. The minimum absolute atomic E-state index is 0.0292. The van der Waals surface area contributed by atoms with E-state index in [0.29, 0.717) is 0 Å². The molecule has 0 radical (unpaired) electrons. The molecule has 0 amide bonds. The first-order chi connectivity index (χ1) is 7.24. The van der Waals surface area contributed by atoms with Crippen molar-refractivity contribution in [3.63, 3.8) is 0 Å². The van der Waals surface area contributed by atoms with Crippen molar-refractivity contribution in [2.45, 2.75) is 45.4 Å². The third-order valence-corrected chi connectivity index (χ3v) is 4.18. The van der Waals surface area contributed by atoms with Gasteiger partial charge in [0.1, 0.15) is 6.29 Å². The zero-order valence-electron chi connectivity index (χ0n) is 9.71. The highest BCUT2D eigenvalue weighted by Crippen LogP contribution is 2.45. The smallest absolute Gasteiger partial charge is 0.126 e. The van der Waals surface area contributed by atoms with Gasteiger partial charge in [-0.05, 0) is 50.4 Å². The molecule has 15 heavy (non-hydrogen) atoms. The maximum Gasteiger partial charge on any atom is 0.126 e. The van der Waals surface area contributed by atoms with Crippen LogP contribution in [0.2, 0.25) is 0 Å². The predicted molar refractivity (Wildman–Crippen MR) is 59.7 cm³/mol. The number of hydrogen-bond donors (Lipinski definition) is 0. The average Bonchev–Trinajstić information content (AvgIpc) is 2.62. The van der Waals surface area contributed by atoms with Crippen molar-refractivity contribution in [3.05, 3.63) is 0 Å². The van der Waals surface area contributed by atoms with E-state index >= 15 is 0 Å². The largest absolute Gasteiger partial charge is 0.381 e. The van der Waals surface area contributed by atoms with Crippen LogP contribution in [0.5, 0.6) is 0 Å². The summed E-state index contributed by atoms with van der Waals surface area (Å²) in [7, 11) is 0. The summed E-state index contributed by atoms with van der Waals surface area (Å²) < 4.78 is 5.36. The van der Waals surface area contributed by atoms with E-state index < -0.39 is 0 Å². The normalized spacial score (nSPS) is 38.1. The zero-order valence-corrected chi connectivity index (χ0v) is 9.71. The highest BCUT2D eigenvalue weighted by atomic mass is 16.5. The van der Waals surface area contributed by atoms with Crippen LogP contribution in [-0.2, 0) is 9.53 Å². The lowest BCUT2D eigenvalue weighted by atomic mass is 9.76. The van der Waals surface area contributed by atoms with Gasteiger partial charge in [0.2, 0.25) is 0 Å². The number of ether oxygens (including phenoxy) is 1. The van der Waals surface area contributed by atoms with Gasteiger partial charge in [-0.2, -0.15) is 0 Å². The molecule has 0 aromatic rings. The van der Waals surface area contributed by atoms with Crippen LogP contribution in [0.4, 0.5) is 0 Å². The summed E-state index contributed by atoms with van der Waals surface area (Å²) >= 11 is 0. The van der Waals surface area contributed by atoms with E-state index in [2.05, 4.69) is 6.92 Å². The molecule has 2 atom stereocenters. The minimum Gasteiger partial charge on any atom is -0.381 e. The Balaban J connectivity index is 1.92. The van der Waals surface area contributed by atoms with Gasteiger partial charge in [-0.15, -0.1) is 0 Å². The van der Waals surface area contributed by atoms with E-state index in [1.807, 2.05) is 0 Å². The Bertz CT molecular complexity index is 221. The maximum absolute atomic E-state index is 11.3. The summed E-state index contributed by atoms with van der Waals surface area (Å²) in [6.45, 7) is 4.07. The van der Waals surface area contributed by atoms with Crippen LogP contribution in [0.1, 0.15) is 45.4 Å². The third-order valence-electron chi connectivity index (χ3n) is 4.18. The highest BCUT2D eigenvalue weighted by molar-refractivity contribution is 5.60. The summed E-state index contributed by atoms with van der Waals surface area (Å²) in [5.74, 6) is 1.48. The van der Waals surface area contributed by atoms with Crippen LogP contribution in [0.3, 0.4) is 0 Å². The van der Waals surface area contributed by atoms with Crippen molar-refractivity contribution in [1.29, 1.82) is 0 Å². The van der Waals surface area contributed by atoms with E-state index in [-0.39, 0.29) is 5.41 Å². The molecule has 1 aliphatic heterocycles. The molecule has 2 fully saturated rings. The molecule has 1 saturated heterocycles. The van der Waals surface area contributed by atoms with E-state index in [4.69, 9.17) is 4.74 Å². The molecule has 2 rings (SSSR count). The number of carbonyl (C=O) groups excluding carboxylic acids is 1. The zero-order chi connectivity index (χ0) is 10.7. The minimum atomic E-state index is 0.0292. The molecule has 1 heterocycles. The molecular formula is C13H22O2. The fourth-order valence-corrected chi connectivity index (χ4v) is 3.30. The van der Waals surface area contributed by atoms with Crippen LogP contribution in [0.25, 0.3) is 0 Å². The van der Waals surface area contributed by atoms with E-state index in [0.717, 1.165) is 57.2 Å².